The van der Waals surface area contributed by atoms with E-state index in [1.165, 1.54) is 12.1 Å². The van der Waals surface area contributed by atoms with Crippen LogP contribution >= 0.6 is 22.9 Å². The van der Waals surface area contributed by atoms with Crippen molar-refractivity contribution < 1.29 is 32.6 Å². The van der Waals surface area contributed by atoms with Gasteiger partial charge in [-0.15, -0.1) is 11.3 Å². The first-order chi connectivity index (χ1) is 15.2. The molecule has 0 atom stereocenters. The molecule has 2 amide bonds. The first kappa shape index (κ1) is 23.3. The number of carbonyl (C=O) groups is 3. The van der Waals surface area contributed by atoms with E-state index in [1.807, 2.05) is 5.32 Å². The second kappa shape index (κ2) is 10.3. The Morgan fingerprint density at radius 1 is 1.09 bits per heavy atom. The highest BCUT2D eigenvalue weighted by Gasteiger charge is 2.19. The van der Waals surface area contributed by atoms with E-state index in [-0.39, 0.29) is 16.2 Å². The van der Waals surface area contributed by atoms with Gasteiger partial charge in [0.25, 0.3) is 11.8 Å². The summed E-state index contributed by atoms with van der Waals surface area (Å²) in [6.45, 7) is -2.04. The summed E-state index contributed by atoms with van der Waals surface area (Å²) in [6, 6.07) is 11.7. The number of alkyl halides is 2. The predicted octanol–water partition coefficient (Wildman–Crippen LogP) is 4.49. The van der Waals surface area contributed by atoms with E-state index in [9.17, 15) is 23.2 Å². The molecule has 7 nitrogen and oxygen atoms in total. The maximum atomic E-state index is 12.3. The summed E-state index contributed by atoms with van der Waals surface area (Å²) in [6.07, 6.45) is 0. The molecule has 3 aromatic rings. The van der Waals surface area contributed by atoms with E-state index in [4.69, 9.17) is 16.3 Å². The second-order valence-corrected chi connectivity index (χ2v) is 7.73. The first-order valence-corrected chi connectivity index (χ1v) is 10.2. The van der Waals surface area contributed by atoms with Crippen LogP contribution in [-0.4, -0.2) is 36.0 Å². The van der Waals surface area contributed by atoms with E-state index in [2.05, 4.69) is 9.72 Å². The van der Waals surface area contributed by atoms with Crippen LogP contribution in [0.1, 0.15) is 25.7 Å². The zero-order valence-corrected chi connectivity index (χ0v) is 18.0. The van der Waals surface area contributed by atoms with Gasteiger partial charge < -0.3 is 9.47 Å². The summed E-state index contributed by atoms with van der Waals surface area (Å²) < 4.78 is 33.5. The van der Waals surface area contributed by atoms with E-state index in [0.29, 0.717) is 15.7 Å². The Balaban J connectivity index is 1.55. The van der Waals surface area contributed by atoms with Crippen molar-refractivity contribution in [2.45, 2.75) is 13.5 Å². The van der Waals surface area contributed by atoms with Gasteiger partial charge in [-0.25, -0.2) is 9.78 Å². The fourth-order valence-electron chi connectivity index (χ4n) is 2.52. The zero-order valence-electron chi connectivity index (χ0n) is 16.4. The number of aryl methyl sites for hydroxylation is 1. The number of amides is 2. The van der Waals surface area contributed by atoms with Gasteiger partial charge in [-0.3, -0.25) is 14.9 Å². The van der Waals surface area contributed by atoms with Crippen molar-refractivity contribution in [1.82, 2.24) is 10.3 Å². The Hall–Kier alpha value is -3.37. The van der Waals surface area contributed by atoms with Crippen molar-refractivity contribution in [2.75, 3.05) is 6.61 Å². The molecule has 0 aliphatic carbocycles. The summed E-state index contributed by atoms with van der Waals surface area (Å²) in [4.78, 5) is 40.9. The van der Waals surface area contributed by atoms with Crippen LogP contribution in [0, 0.1) is 6.92 Å². The summed E-state index contributed by atoms with van der Waals surface area (Å²) >= 11 is 6.97. The molecule has 0 fully saturated rings. The molecule has 2 aromatic carbocycles. The average molecular weight is 481 g/mol. The van der Waals surface area contributed by atoms with E-state index in [1.54, 1.807) is 31.2 Å². The fraction of sp³-hybridized carbons (Fsp3) is 0.143. The lowest BCUT2D eigenvalue weighted by atomic mass is 10.2. The largest absolute Gasteiger partial charge is 0.451 e. The molecule has 1 heterocycles. The zero-order chi connectivity index (χ0) is 23.3. The molecule has 1 aromatic heterocycles. The number of imide groups is 1. The Morgan fingerprint density at radius 3 is 2.38 bits per heavy atom. The van der Waals surface area contributed by atoms with Crippen molar-refractivity contribution in [3.8, 4) is 16.3 Å². The highest BCUT2D eigenvalue weighted by atomic mass is 35.5. The number of nitrogens with zero attached hydrogens (tertiary/aromatic N) is 1. The van der Waals surface area contributed by atoms with E-state index in [0.717, 1.165) is 29.0 Å². The monoisotopic (exact) mass is 480 g/mol. The maximum absolute atomic E-state index is 12.3. The van der Waals surface area contributed by atoms with Crippen LogP contribution in [0.2, 0.25) is 5.02 Å². The molecule has 32 heavy (non-hydrogen) atoms. The van der Waals surface area contributed by atoms with Gasteiger partial charge in [0.05, 0.1) is 5.69 Å². The summed E-state index contributed by atoms with van der Waals surface area (Å²) in [5.41, 5.74) is 1.25. The highest BCUT2D eigenvalue weighted by molar-refractivity contribution is 7.17. The molecule has 0 aliphatic rings. The number of nitrogens with one attached hydrogen (secondary N) is 1. The van der Waals surface area contributed by atoms with Gasteiger partial charge in [-0.05, 0) is 43.3 Å². The van der Waals surface area contributed by atoms with Gasteiger partial charge in [-0.2, -0.15) is 8.78 Å². The molecule has 0 saturated carbocycles. The van der Waals surface area contributed by atoms with Crippen LogP contribution in [0.4, 0.5) is 8.78 Å². The Bertz CT molecular complexity index is 1130. The molecule has 3 rings (SSSR count). The van der Waals surface area contributed by atoms with Crippen LogP contribution in [-0.2, 0) is 9.53 Å². The second-order valence-electron chi connectivity index (χ2n) is 6.30. The molecule has 0 unspecified atom stereocenters. The van der Waals surface area contributed by atoms with E-state index >= 15 is 0 Å². The van der Waals surface area contributed by atoms with Crippen LogP contribution in [0.25, 0.3) is 10.6 Å². The SMILES string of the molecule is Cc1nc(-c2ccc(Cl)cc2)sc1C(=O)OCC(=O)NC(=O)c1ccc(OC(F)F)cc1. The minimum atomic E-state index is -2.99. The lowest BCUT2D eigenvalue weighted by Crippen LogP contribution is -2.34. The molecule has 1 N–H and O–H groups in total. The topological polar surface area (TPSA) is 94.6 Å². The number of hydrogen-bond acceptors (Lipinski definition) is 7. The standard InChI is InChI=1S/C21H15ClF2N2O5S/c1-11-17(32-19(25-11)13-2-6-14(22)7-3-13)20(29)30-10-16(27)26-18(28)12-4-8-15(9-5-12)31-21(23)24/h2-9,21H,10H2,1H3,(H,26,27,28). The Labute approximate surface area is 189 Å². The summed E-state index contributed by atoms with van der Waals surface area (Å²) in [5.74, 6) is -2.52. The fourth-order valence-corrected chi connectivity index (χ4v) is 3.61. The Morgan fingerprint density at radius 2 is 1.75 bits per heavy atom. The molecular weight excluding hydrogens is 466 g/mol. The number of hydrogen-bond donors (Lipinski definition) is 1. The predicted molar refractivity (Wildman–Crippen MR) is 113 cm³/mol. The molecular formula is C21H15ClF2N2O5S. The lowest BCUT2D eigenvalue weighted by Gasteiger charge is -2.07. The van der Waals surface area contributed by atoms with E-state index < -0.39 is 31.0 Å². The third-order valence-electron chi connectivity index (χ3n) is 4.00. The molecule has 166 valence electrons. The van der Waals surface area contributed by atoms with Crippen LogP contribution in [0.15, 0.2) is 48.5 Å². The number of thiazole rings is 1. The number of aromatic nitrogens is 1. The van der Waals surface area contributed by atoms with Crippen LogP contribution < -0.4 is 10.1 Å². The normalized spacial score (nSPS) is 10.7. The molecule has 0 radical (unpaired) electrons. The minimum absolute atomic E-state index is 0.0391. The molecule has 0 saturated heterocycles. The molecule has 11 heteroatoms. The van der Waals surface area contributed by atoms with Crippen molar-refractivity contribution in [3.63, 3.8) is 0 Å². The van der Waals surface area contributed by atoms with Gasteiger partial charge in [0, 0.05) is 16.1 Å². The number of ether oxygens (including phenoxy) is 2. The first-order valence-electron chi connectivity index (χ1n) is 9.02. The molecule has 0 bridgehead atoms. The Kier molecular flexibility index (Phi) is 7.49. The maximum Gasteiger partial charge on any atom is 0.387 e. The third-order valence-corrected chi connectivity index (χ3v) is 5.44. The summed E-state index contributed by atoms with van der Waals surface area (Å²) in [5, 5.41) is 3.20. The van der Waals surface area contributed by atoms with Crippen molar-refractivity contribution in [3.05, 3.63) is 69.7 Å². The smallest absolute Gasteiger partial charge is 0.387 e. The lowest BCUT2D eigenvalue weighted by molar-refractivity contribution is -0.123. The van der Waals surface area contributed by atoms with Crippen LogP contribution in [0.3, 0.4) is 0 Å². The van der Waals surface area contributed by atoms with Gasteiger partial charge >= 0.3 is 12.6 Å². The van der Waals surface area contributed by atoms with Gasteiger partial charge in [0.1, 0.15) is 15.6 Å². The molecule has 0 aliphatic heterocycles. The third kappa shape index (κ3) is 6.08. The number of benzene rings is 2. The number of halogens is 3. The van der Waals surface area contributed by atoms with Crippen molar-refractivity contribution in [2.24, 2.45) is 0 Å². The number of esters is 1. The van der Waals surface area contributed by atoms with Crippen molar-refractivity contribution in [1.29, 1.82) is 0 Å². The average Bonchev–Trinajstić information content (AvgIpc) is 3.14. The van der Waals surface area contributed by atoms with Gasteiger partial charge in [-0.1, -0.05) is 23.7 Å². The summed E-state index contributed by atoms with van der Waals surface area (Å²) in [7, 11) is 0. The minimum Gasteiger partial charge on any atom is -0.451 e. The van der Waals surface area contributed by atoms with Crippen LogP contribution in [0.5, 0.6) is 5.75 Å². The van der Waals surface area contributed by atoms with Gasteiger partial charge in [0.2, 0.25) is 0 Å². The highest BCUT2D eigenvalue weighted by Crippen LogP contribution is 2.29. The number of rotatable bonds is 7. The number of carbonyl (C=O) groups excluding carboxylic acids is 3. The van der Waals surface area contributed by atoms with Gasteiger partial charge in [0.15, 0.2) is 6.61 Å². The quantitative estimate of drug-likeness (QED) is 0.501. The van der Waals surface area contributed by atoms with Crippen molar-refractivity contribution >= 4 is 40.7 Å². The molecule has 0 spiro atoms.